The number of halogens is 1. The lowest BCUT2D eigenvalue weighted by Gasteiger charge is -2.20. The van der Waals surface area contributed by atoms with Gasteiger partial charge in [-0.2, -0.15) is 5.10 Å². The van der Waals surface area contributed by atoms with E-state index in [0.29, 0.717) is 12.0 Å². The molecule has 4 rings (SSSR count). The van der Waals surface area contributed by atoms with Gasteiger partial charge in [0.15, 0.2) is 0 Å². The quantitative estimate of drug-likeness (QED) is 0.586. The molecule has 5 heteroatoms. The SMILES string of the molecule is Cc1ccccc1C(=O)N1N=C(c2ccc(Br)cc2)C[C@H]1c1ccco1. The van der Waals surface area contributed by atoms with Gasteiger partial charge in [0.2, 0.25) is 0 Å². The minimum absolute atomic E-state index is 0.114. The lowest BCUT2D eigenvalue weighted by atomic mass is 10.0. The van der Waals surface area contributed by atoms with E-state index >= 15 is 0 Å². The Bertz CT molecular complexity index is 962. The fraction of sp³-hybridized carbons (Fsp3) is 0.143. The van der Waals surface area contributed by atoms with E-state index in [0.717, 1.165) is 27.1 Å². The van der Waals surface area contributed by atoms with E-state index in [1.807, 2.05) is 67.6 Å². The summed E-state index contributed by atoms with van der Waals surface area (Å²) in [6, 6.07) is 19.0. The van der Waals surface area contributed by atoms with E-state index < -0.39 is 0 Å². The summed E-state index contributed by atoms with van der Waals surface area (Å²) in [4.78, 5) is 13.2. The second-order valence-corrected chi connectivity index (χ2v) is 7.17. The number of rotatable bonds is 3. The molecule has 0 saturated heterocycles. The largest absolute Gasteiger partial charge is 0.467 e. The average molecular weight is 409 g/mol. The lowest BCUT2D eigenvalue weighted by Crippen LogP contribution is -2.27. The Morgan fingerprint density at radius 3 is 2.58 bits per heavy atom. The molecule has 0 bridgehead atoms. The van der Waals surface area contributed by atoms with Crippen LogP contribution in [-0.4, -0.2) is 16.6 Å². The van der Waals surface area contributed by atoms with Crippen LogP contribution >= 0.6 is 15.9 Å². The van der Waals surface area contributed by atoms with Crippen molar-refractivity contribution in [2.75, 3.05) is 0 Å². The number of amides is 1. The van der Waals surface area contributed by atoms with Crippen LogP contribution in [0.25, 0.3) is 0 Å². The maximum Gasteiger partial charge on any atom is 0.274 e. The molecule has 0 spiro atoms. The summed E-state index contributed by atoms with van der Waals surface area (Å²) in [5.41, 5.74) is 3.47. The number of benzene rings is 2. The zero-order valence-electron chi connectivity index (χ0n) is 14.2. The van der Waals surface area contributed by atoms with Gasteiger partial charge in [0.1, 0.15) is 11.8 Å². The zero-order valence-corrected chi connectivity index (χ0v) is 15.8. The molecule has 0 N–H and O–H groups in total. The summed E-state index contributed by atoms with van der Waals surface area (Å²) in [5, 5.41) is 6.22. The second kappa shape index (κ2) is 6.92. The number of hydrazone groups is 1. The third-order valence-electron chi connectivity index (χ3n) is 4.54. The van der Waals surface area contributed by atoms with Crippen LogP contribution in [0.15, 0.2) is 80.9 Å². The Balaban J connectivity index is 1.73. The molecule has 1 aliphatic rings. The summed E-state index contributed by atoms with van der Waals surface area (Å²) in [6.45, 7) is 1.94. The molecule has 1 amide bonds. The van der Waals surface area contributed by atoms with Crippen molar-refractivity contribution >= 4 is 27.5 Å². The van der Waals surface area contributed by atoms with Crippen LogP contribution in [0.1, 0.15) is 39.7 Å². The number of carbonyl (C=O) groups excluding carboxylic acids is 1. The van der Waals surface area contributed by atoms with Gasteiger partial charge in [0, 0.05) is 16.5 Å². The number of hydrogen-bond donors (Lipinski definition) is 0. The molecule has 0 fully saturated rings. The molecular weight excluding hydrogens is 392 g/mol. The van der Waals surface area contributed by atoms with E-state index in [1.54, 1.807) is 11.3 Å². The third kappa shape index (κ3) is 3.10. The molecule has 1 aliphatic heterocycles. The lowest BCUT2D eigenvalue weighted by molar-refractivity contribution is 0.0692. The van der Waals surface area contributed by atoms with Crippen molar-refractivity contribution in [2.24, 2.45) is 5.10 Å². The van der Waals surface area contributed by atoms with Gasteiger partial charge in [0.25, 0.3) is 5.91 Å². The fourth-order valence-corrected chi connectivity index (χ4v) is 3.42. The average Bonchev–Trinajstić information content (AvgIpc) is 3.32. The van der Waals surface area contributed by atoms with E-state index in [1.165, 1.54) is 0 Å². The Labute approximate surface area is 160 Å². The maximum atomic E-state index is 13.2. The summed E-state index contributed by atoms with van der Waals surface area (Å²) >= 11 is 3.45. The first kappa shape index (κ1) is 16.8. The molecule has 26 heavy (non-hydrogen) atoms. The van der Waals surface area contributed by atoms with Crippen LogP contribution in [0.2, 0.25) is 0 Å². The van der Waals surface area contributed by atoms with Crippen molar-refractivity contribution < 1.29 is 9.21 Å². The van der Waals surface area contributed by atoms with Gasteiger partial charge in [-0.25, -0.2) is 5.01 Å². The number of carbonyl (C=O) groups is 1. The van der Waals surface area contributed by atoms with Crippen molar-refractivity contribution in [3.8, 4) is 0 Å². The molecule has 0 radical (unpaired) electrons. The molecule has 0 aliphatic carbocycles. The Morgan fingerprint density at radius 2 is 1.88 bits per heavy atom. The predicted molar refractivity (Wildman–Crippen MR) is 104 cm³/mol. The van der Waals surface area contributed by atoms with Gasteiger partial charge >= 0.3 is 0 Å². The van der Waals surface area contributed by atoms with Crippen LogP contribution in [0.4, 0.5) is 0 Å². The first-order valence-electron chi connectivity index (χ1n) is 8.39. The smallest absolute Gasteiger partial charge is 0.274 e. The van der Waals surface area contributed by atoms with Crippen LogP contribution < -0.4 is 0 Å². The molecule has 130 valence electrons. The summed E-state index contributed by atoms with van der Waals surface area (Å²) in [5.74, 6) is 0.624. The summed E-state index contributed by atoms with van der Waals surface area (Å²) < 4.78 is 6.60. The highest BCUT2D eigenvalue weighted by Gasteiger charge is 2.35. The summed E-state index contributed by atoms with van der Waals surface area (Å²) in [6.07, 6.45) is 2.25. The molecule has 0 saturated carbocycles. The van der Waals surface area contributed by atoms with Crippen LogP contribution in [0.5, 0.6) is 0 Å². The number of nitrogens with zero attached hydrogens (tertiary/aromatic N) is 2. The first-order chi connectivity index (χ1) is 12.6. The molecule has 2 heterocycles. The van der Waals surface area contributed by atoms with E-state index in [-0.39, 0.29) is 11.9 Å². The third-order valence-corrected chi connectivity index (χ3v) is 5.07. The minimum Gasteiger partial charge on any atom is -0.467 e. The van der Waals surface area contributed by atoms with Crippen LogP contribution in [-0.2, 0) is 0 Å². The van der Waals surface area contributed by atoms with Crippen LogP contribution in [0.3, 0.4) is 0 Å². The van der Waals surface area contributed by atoms with Crippen molar-refractivity contribution in [3.05, 3.63) is 93.9 Å². The zero-order chi connectivity index (χ0) is 18.1. The first-order valence-corrected chi connectivity index (χ1v) is 9.19. The van der Waals surface area contributed by atoms with Gasteiger partial charge in [-0.3, -0.25) is 4.79 Å². The summed E-state index contributed by atoms with van der Waals surface area (Å²) in [7, 11) is 0. The normalized spacial score (nSPS) is 16.6. The fourth-order valence-electron chi connectivity index (χ4n) is 3.15. The van der Waals surface area contributed by atoms with E-state index in [2.05, 4.69) is 21.0 Å². The second-order valence-electron chi connectivity index (χ2n) is 6.25. The van der Waals surface area contributed by atoms with Gasteiger partial charge in [-0.05, 0) is 48.4 Å². The Morgan fingerprint density at radius 1 is 1.12 bits per heavy atom. The highest BCUT2D eigenvalue weighted by atomic mass is 79.9. The molecule has 1 aromatic heterocycles. The maximum absolute atomic E-state index is 13.2. The van der Waals surface area contributed by atoms with Crippen molar-refractivity contribution in [1.29, 1.82) is 0 Å². The van der Waals surface area contributed by atoms with Gasteiger partial charge in [-0.15, -0.1) is 0 Å². The minimum atomic E-state index is -0.240. The van der Waals surface area contributed by atoms with Crippen LogP contribution in [0, 0.1) is 6.92 Å². The van der Waals surface area contributed by atoms with Crippen molar-refractivity contribution in [1.82, 2.24) is 5.01 Å². The van der Waals surface area contributed by atoms with E-state index in [9.17, 15) is 4.79 Å². The number of aryl methyl sites for hydroxylation is 1. The highest BCUT2D eigenvalue weighted by Crippen LogP contribution is 2.34. The molecule has 0 unspecified atom stereocenters. The Kier molecular flexibility index (Phi) is 4.47. The van der Waals surface area contributed by atoms with Crippen molar-refractivity contribution in [3.63, 3.8) is 0 Å². The topological polar surface area (TPSA) is 45.8 Å². The molecule has 4 nitrogen and oxygen atoms in total. The van der Waals surface area contributed by atoms with Gasteiger partial charge in [0.05, 0.1) is 12.0 Å². The van der Waals surface area contributed by atoms with Crippen molar-refractivity contribution in [2.45, 2.75) is 19.4 Å². The Hall–Kier alpha value is -2.66. The van der Waals surface area contributed by atoms with Gasteiger partial charge < -0.3 is 4.42 Å². The predicted octanol–water partition coefficient (Wildman–Crippen LogP) is 5.34. The molecule has 3 aromatic rings. The number of hydrogen-bond acceptors (Lipinski definition) is 3. The highest BCUT2D eigenvalue weighted by molar-refractivity contribution is 9.10. The number of furan rings is 1. The molecule has 1 atom stereocenters. The van der Waals surface area contributed by atoms with Gasteiger partial charge in [-0.1, -0.05) is 46.3 Å². The standard InChI is InChI=1S/C21H17BrN2O2/c1-14-5-2-3-6-17(14)21(25)24-19(20-7-4-12-26-20)13-18(23-24)15-8-10-16(22)11-9-15/h2-12,19H,13H2,1H3/t19-/m0/s1. The monoisotopic (exact) mass is 408 g/mol. The molecular formula is C21H17BrN2O2. The van der Waals surface area contributed by atoms with E-state index in [4.69, 9.17) is 4.42 Å². The molecule has 2 aromatic carbocycles.